The van der Waals surface area contributed by atoms with Crippen LogP contribution in [0, 0.1) is 0 Å². The van der Waals surface area contributed by atoms with Crippen molar-refractivity contribution >= 4 is 0 Å². The molecule has 2 rings (SSSR count). The van der Waals surface area contributed by atoms with E-state index < -0.39 is 40.4 Å². The minimum Gasteiger partial charge on any atom is -0.872 e. The molecule has 0 aliphatic rings. The third-order valence-electron chi connectivity index (χ3n) is 3.44. The molecule has 0 saturated heterocycles. The van der Waals surface area contributed by atoms with E-state index in [0.717, 1.165) is 12.1 Å². The van der Waals surface area contributed by atoms with Crippen molar-refractivity contribution in [1.82, 2.24) is 0 Å². The van der Waals surface area contributed by atoms with Gasteiger partial charge in [-0.25, -0.2) is 0 Å². The number of phenols is 1. The fourth-order valence-corrected chi connectivity index (χ4v) is 2.40. The SMILES string of the molecule is [K+].[O-]c1ccc(C(c2ccc(O)cc2)(C(F)(F)F)C(F)(F)F)cc1. The predicted molar refractivity (Wildman–Crippen MR) is 66.9 cm³/mol. The predicted octanol–water partition coefficient (Wildman–Crippen LogP) is 0.881. The molecule has 0 aliphatic heterocycles. The standard InChI is InChI=1S/C15H10F6O2.K/c16-14(17,18)13(15(19,20)21,9-1-5-11(22)6-2-9)10-3-7-12(23)8-4-10;/h1-8,22-23H;/q;+1/p-1. The average molecular weight is 374 g/mol. The zero-order valence-corrected chi connectivity index (χ0v) is 15.4. The first-order chi connectivity index (χ1) is 10.5. The number of alkyl halides is 6. The van der Waals surface area contributed by atoms with Crippen molar-refractivity contribution in [3.63, 3.8) is 0 Å². The fourth-order valence-electron chi connectivity index (χ4n) is 2.40. The number of halogens is 6. The molecule has 0 fully saturated rings. The molecule has 0 atom stereocenters. The third-order valence-corrected chi connectivity index (χ3v) is 3.44. The molecule has 9 heteroatoms. The van der Waals surface area contributed by atoms with Crippen molar-refractivity contribution in [2.24, 2.45) is 0 Å². The Morgan fingerprint density at radius 2 is 1.00 bits per heavy atom. The molecule has 0 amide bonds. The molecule has 0 aliphatic carbocycles. The Kier molecular flexibility index (Phi) is 6.43. The number of hydrogen-bond donors (Lipinski definition) is 1. The van der Waals surface area contributed by atoms with Crippen LogP contribution < -0.4 is 56.5 Å². The van der Waals surface area contributed by atoms with Gasteiger partial charge in [-0.2, -0.15) is 26.3 Å². The summed E-state index contributed by atoms with van der Waals surface area (Å²) in [5.41, 5.74) is -6.53. The minimum atomic E-state index is -5.72. The van der Waals surface area contributed by atoms with Crippen LogP contribution in [0.15, 0.2) is 48.5 Å². The number of phenolic OH excluding ortho intramolecular Hbond substituents is 1. The van der Waals surface area contributed by atoms with Crippen LogP contribution in [0.3, 0.4) is 0 Å². The normalized spacial score (nSPS) is 12.6. The van der Waals surface area contributed by atoms with Gasteiger partial charge in [-0.3, -0.25) is 0 Å². The van der Waals surface area contributed by atoms with Gasteiger partial charge in [0, 0.05) is 0 Å². The molecule has 124 valence electrons. The van der Waals surface area contributed by atoms with E-state index in [1.807, 2.05) is 0 Å². The summed E-state index contributed by atoms with van der Waals surface area (Å²) in [5, 5.41) is 20.2. The van der Waals surface area contributed by atoms with E-state index in [0.29, 0.717) is 36.4 Å². The Morgan fingerprint density at radius 3 is 1.33 bits per heavy atom. The van der Waals surface area contributed by atoms with Crippen LogP contribution >= 0.6 is 0 Å². The van der Waals surface area contributed by atoms with Crippen molar-refractivity contribution in [1.29, 1.82) is 0 Å². The van der Waals surface area contributed by atoms with Gasteiger partial charge in [-0.05, 0) is 23.3 Å². The van der Waals surface area contributed by atoms with Crippen molar-refractivity contribution in [2.45, 2.75) is 17.8 Å². The van der Waals surface area contributed by atoms with Crippen molar-refractivity contribution in [2.75, 3.05) is 0 Å². The molecule has 2 aromatic carbocycles. The average Bonchev–Trinajstić information content (AvgIpc) is 2.40. The van der Waals surface area contributed by atoms with Crippen LogP contribution in [0.4, 0.5) is 26.3 Å². The smallest absolute Gasteiger partial charge is 0.872 e. The second kappa shape index (κ2) is 7.24. The molecule has 0 spiro atoms. The first kappa shape index (κ1) is 21.3. The molecular weight excluding hydrogens is 365 g/mol. The Balaban J connectivity index is 0.00000288. The van der Waals surface area contributed by atoms with Crippen LogP contribution in [-0.2, 0) is 5.41 Å². The van der Waals surface area contributed by atoms with Crippen LogP contribution in [0.2, 0.25) is 0 Å². The molecule has 2 aromatic rings. The Morgan fingerprint density at radius 1 is 0.667 bits per heavy atom. The van der Waals surface area contributed by atoms with E-state index in [9.17, 15) is 31.4 Å². The van der Waals surface area contributed by atoms with Gasteiger partial charge in [0.1, 0.15) is 5.75 Å². The summed E-state index contributed by atoms with van der Waals surface area (Å²) in [4.78, 5) is 0. The fraction of sp³-hybridized carbons (Fsp3) is 0.200. The van der Waals surface area contributed by atoms with Gasteiger partial charge >= 0.3 is 63.7 Å². The monoisotopic (exact) mass is 374 g/mol. The molecule has 0 unspecified atom stereocenters. The summed E-state index contributed by atoms with van der Waals surface area (Å²) in [6.07, 6.45) is -11.4. The number of rotatable bonds is 2. The summed E-state index contributed by atoms with van der Waals surface area (Å²) < 4.78 is 81.5. The summed E-state index contributed by atoms with van der Waals surface area (Å²) in [7, 11) is 0. The quantitative estimate of drug-likeness (QED) is 0.627. The van der Waals surface area contributed by atoms with E-state index in [1.165, 1.54) is 0 Å². The van der Waals surface area contributed by atoms with Gasteiger partial charge in [0.2, 0.25) is 5.41 Å². The van der Waals surface area contributed by atoms with E-state index >= 15 is 0 Å². The van der Waals surface area contributed by atoms with Gasteiger partial charge in [0.25, 0.3) is 0 Å². The second-order valence-electron chi connectivity index (χ2n) is 4.82. The van der Waals surface area contributed by atoms with Crippen LogP contribution in [0.5, 0.6) is 11.5 Å². The van der Waals surface area contributed by atoms with Crippen LogP contribution in [-0.4, -0.2) is 17.5 Å². The van der Waals surface area contributed by atoms with Crippen LogP contribution in [0.25, 0.3) is 0 Å². The molecule has 2 nitrogen and oxygen atoms in total. The second-order valence-corrected chi connectivity index (χ2v) is 4.82. The Bertz CT molecular complexity index is 616. The maximum Gasteiger partial charge on any atom is 1.00 e. The Hall–Kier alpha value is -0.744. The summed E-state index contributed by atoms with van der Waals surface area (Å²) in [5.74, 6) is -1.18. The molecule has 24 heavy (non-hydrogen) atoms. The van der Waals surface area contributed by atoms with Gasteiger partial charge in [0.15, 0.2) is 0 Å². The van der Waals surface area contributed by atoms with Gasteiger partial charge in [0.05, 0.1) is 0 Å². The largest absolute Gasteiger partial charge is 1.00 e. The first-order valence-electron chi connectivity index (χ1n) is 6.20. The topological polar surface area (TPSA) is 43.3 Å². The van der Waals surface area contributed by atoms with Crippen molar-refractivity contribution in [3.05, 3.63) is 59.7 Å². The minimum absolute atomic E-state index is 0. The number of benzene rings is 2. The zero-order valence-electron chi connectivity index (χ0n) is 12.2. The maximum absolute atomic E-state index is 13.6. The summed E-state index contributed by atoms with van der Waals surface area (Å²) in [6.45, 7) is 0. The van der Waals surface area contributed by atoms with Gasteiger partial charge in [-0.1, -0.05) is 36.4 Å². The molecule has 0 heterocycles. The molecule has 1 N–H and O–H groups in total. The molecule has 0 saturated carbocycles. The molecule has 0 radical (unpaired) electrons. The Labute approximate surface area is 175 Å². The van der Waals surface area contributed by atoms with Gasteiger partial charge in [-0.15, -0.1) is 5.75 Å². The van der Waals surface area contributed by atoms with E-state index in [2.05, 4.69) is 0 Å². The summed E-state index contributed by atoms with van der Waals surface area (Å²) >= 11 is 0. The van der Waals surface area contributed by atoms with E-state index in [-0.39, 0.29) is 51.4 Å². The van der Waals surface area contributed by atoms with E-state index in [1.54, 1.807) is 0 Å². The van der Waals surface area contributed by atoms with Crippen molar-refractivity contribution < 1.29 is 87.9 Å². The third kappa shape index (κ3) is 3.59. The molecule has 0 aromatic heterocycles. The zero-order chi connectivity index (χ0) is 17.5. The molecular formula is C15H9F6KO2. The van der Waals surface area contributed by atoms with Crippen LogP contribution in [0.1, 0.15) is 11.1 Å². The van der Waals surface area contributed by atoms with Gasteiger partial charge < -0.3 is 10.2 Å². The summed E-state index contributed by atoms with van der Waals surface area (Å²) in [6, 6.07) is 4.90. The van der Waals surface area contributed by atoms with Crippen molar-refractivity contribution in [3.8, 4) is 11.5 Å². The van der Waals surface area contributed by atoms with E-state index in [4.69, 9.17) is 5.11 Å². The molecule has 0 bridgehead atoms. The first-order valence-corrected chi connectivity index (χ1v) is 6.20. The maximum atomic E-state index is 13.6. The number of hydrogen-bond acceptors (Lipinski definition) is 2. The number of aromatic hydroxyl groups is 1.